The summed E-state index contributed by atoms with van der Waals surface area (Å²) < 4.78 is 3.85. The number of rotatable bonds is 4. The predicted octanol–water partition coefficient (Wildman–Crippen LogP) is 0.564. The minimum atomic E-state index is -0.145. The molecule has 3 heterocycles. The van der Waals surface area contributed by atoms with Crippen LogP contribution >= 0.6 is 0 Å². The summed E-state index contributed by atoms with van der Waals surface area (Å²) in [6, 6.07) is 0.464. The Morgan fingerprint density at radius 1 is 1.29 bits per heavy atom. The van der Waals surface area contributed by atoms with Crippen molar-refractivity contribution >= 4 is 5.91 Å². The molecule has 2 fully saturated rings. The van der Waals surface area contributed by atoms with E-state index in [0.717, 1.165) is 31.6 Å². The second-order valence-corrected chi connectivity index (χ2v) is 7.01. The Bertz CT molecular complexity index is 732. The quantitative estimate of drug-likeness (QED) is 0.887. The van der Waals surface area contributed by atoms with Crippen LogP contribution < -0.4 is 5.32 Å². The van der Waals surface area contributed by atoms with Crippen LogP contribution in [-0.4, -0.2) is 61.5 Å². The molecule has 0 unspecified atom stereocenters. The Balaban J connectivity index is 1.47. The lowest BCUT2D eigenvalue weighted by Gasteiger charge is -2.24. The number of aryl methyl sites for hydroxylation is 1. The monoisotopic (exact) mass is 329 g/mol. The molecular weight excluding hydrogens is 306 g/mol. The molecule has 0 aromatic carbocycles. The van der Waals surface area contributed by atoms with Gasteiger partial charge in [0.05, 0.1) is 24.6 Å². The van der Waals surface area contributed by atoms with E-state index in [4.69, 9.17) is 0 Å². The van der Waals surface area contributed by atoms with E-state index in [9.17, 15) is 4.79 Å². The highest BCUT2D eigenvalue weighted by Crippen LogP contribution is 2.30. The molecule has 1 amide bonds. The number of nitrogens with one attached hydrogen (secondary N) is 1. The summed E-state index contributed by atoms with van der Waals surface area (Å²) >= 11 is 0. The topological polar surface area (TPSA) is 80.9 Å². The van der Waals surface area contributed by atoms with Crippen LogP contribution in [0, 0.1) is 0 Å². The van der Waals surface area contributed by atoms with Crippen LogP contribution in [0.15, 0.2) is 18.7 Å². The first-order valence-corrected chi connectivity index (χ1v) is 8.49. The van der Waals surface area contributed by atoms with Crippen LogP contribution in [0.1, 0.15) is 47.4 Å². The van der Waals surface area contributed by atoms with Gasteiger partial charge >= 0.3 is 0 Å². The number of aromatic nitrogens is 5. The van der Waals surface area contributed by atoms with Gasteiger partial charge < -0.3 is 14.8 Å². The van der Waals surface area contributed by atoms with E-state index in [1.54, 1.807) is 12.5 Å². The van der Waals surface area contributed by atoms with Gasteiger partial charge in [0, 0.05) is 37.9 Å². The first kappa shape index (κ1) is 15.3. The zero-order valence-corrected chi connectivity index (χ0v) is 14.1. The third-order valence-electron chi connectivity index (χ3n) is 5.24. The molecule has 1 aliphatic carbocycles. The van der Waals surface area contributed by atoms with E-state index >= 15 is 0 Å². The minimum Gasteiger partial charge on any atom is -0.346 e. The van der Waals surface area contributed by atoms with Gasteiger partial charge in [-0.15, -0.1) is 5.10 Å². The van der Waals surface area contributed by atoms with Gasteiger partial charge in [-0.1, -0.05) is 5.21 Å². The third-order valence-corrected chi connectivity index (χ3v) is 5.24. The smallest absolute Gasteiger partial charge is 0.273 e. The van der Waals surface area contributed by atoms with Crippen molar-refractivity contribution in [3.63, 3.8) is 0 Å². The first-order chi connectivity index (χ1) is 11.6. The summed E-state index contributed by atoms with van der Waals surface area (Å²) in [7, 11) is 4.06. The second kappa shape index (κ2) is 6.01. The van der Waals surface area contributed by atoms with Gasteiger partial charge in [0.1, 0.15) is 0 Å². The van der Waals surface area contributed by atoms with Gasteiger partial charge in [-0.2, -0.15) is 0 Å². The highest BCUT2D eigenvalue weighted by Gasteiger charge is 2.35. The molecule has 0 spiro atoms. The molecule has 2 aromatic rings. The zero-order chi connectivity index (χ0) is 16.7. The molecule has 1 saturated carbocycles. The van der Waals surface area contributed by atoms with E-state index in [1.807, 2.05) is 22.5 Å². The summed E-state index contributed by atoms with van der Waals surface area (Å²) in [5.41, 5.74) is 1.54. The fourth-order valence-corrected chi connectivity index (χ4v) is 3.62. The Kier molecular flexibility index (Phi) is 3.84. The summed E-state index contributed by atoms with van der Waals surface area (Å²) in [6.45, 7) is 1.72. The highest BCUT2D eigenvalue weighted by atomic mass is 16.2. The second-order valence-electron chi connectivity index (χ2n) is 7.01. The lowest BCUT2D eigenvalue weighted by Crippen LogP contribution is -2.40. The maximum atomic E-state index is 12.6. The molecule has 4 rings (SSSR count). The van der Waals surface area contributed by atoms with Gasteiger partial charge in [-0.25, -0.2) is 9.67 Å². The van der Waals surface area contributed by atoms with Crippen LogP contribution in [-0.2, 0) is 7.05 Å². The zero-order valence-electron chi connectivity index (χ0n) is 14.1. The van der Waals surface area contributed by atoms with E-state index in [1.165, 1.54) is 6.42 Å². The Morgan fingerprint density at radius 3 is 2.79 bits per heavy atom. The van der Waals surface area contributed by atoms with Crippen molar-refractivity contribution in [2.24, 2.45) is 7.05 Å². The predicted molar refractivity (Wildman–Crippen MR) is 87.6 cm³/mol. The van der Waals surface area contributed by atoms with Crippen molar-refractivity contribution in [3.05, 3.63) is 30.1 Å². The van der Waals surface area contributed by atoms with E-state index in [-0.39, 0.29) is 17.9 Å². The van der Waals surface area contributed by atoms with Gasteiger partial charge in [-0.3, -0.25) is 4.79 Å². The number of amides is 1. The summed E-state index contributed by atoms with van der Waals surface area (Å²) in [4.78, 5) is 19.0. The Labute approximate surface area is 140 Å². The summed E-state index contributed by atoms with van der Waals surface area (Å²) in [6.07, 6.45) is 8.94. The number of imidazole rings is 1. The fourth-order valence-electron chi connectivity index (χ4n) is 3.62. The van der Waals surface area contributed by atoms with E-state index in [0.29, 0.717) is 11.7 Å². The van der Waals surface area contributed by atoms with Crippen LogP contribution in [0.5, 0.6) is 0 Å². The van der Waals surface area contributed by atoms with Crippen molar-refractivity contribution in [1.82, 2.24) is 34.8 Å². The van der Waals surface area contributed by atoms with Crippen molar-refractivity contribution in [3.8, 4) is 0 Å². The molecule has 2 aromatic heterocycles. The van der Waals surface area contributed by atoms with E-state index < -0.39 is 0 Å². The molecule has 1 N–H and O–H groups in total. The Morgan fingerprint density at radius 2 is 2.12 bits per heavy atom. The average molecular weight is 329 g/mol. The average Bonchev–Trinajstić information content (AvgIpc) is 3.18. The molecule has 1 saturated heterocycles. The normalized spacial score (nSPS) is 24.9. The van der Waals surface area contributed by atoms with Crippen molar-refractivity contribution in [2.45, 2.75) is 37.3 Å². The maximum absolute atomic E-state index is 12.6. The van der Waals surface area contributed by atoms with Crippen LogP contribution in [0.4, 0.5) is 0 Å². The van der Waals surface area contributed by atoms with Gasteiger partial charge in [0.15, 0.2) is 5.69 Å². The number of hydrogen-bond donors (Lipinski definition) is 1. The molecule has 8 nitrogen and oxygen atoms in total. The first-order valence-electron chi connectivity index (χ1n) is 8.49. The highest BCUT2D eigenvalue weighted by molar-refractivity contribution is 5.92. The Hall–Kier alpha value is -2.22. The molecule has 0 bridgehead atoms. The molecule has 2 aliphatic rings. The van der Waals surface area contributed by atoms with Crippen LogP contribution in [0.3, 0.4) is 0 Å². The molecule has 24 heavy (non-hydrogen) atoms. The molecule has 8 heteroatoms. The maximum Gasteiger partial charge on any atom is 0.273 e. The van der Waals surface area contributed by atoms with Crippen molar-refractivity contribution < 1.29 is 4.79 Å². The summed E-state index contributed by atoms with van der Waals surface area (Å²) in [5.74, 6) is 0.0844. The van der Waals surface area contributed by atoms with Gasteiger partial charge in [-0.05, 0) is 26.3 Å². The number of carbonyl (C=O) groups is 1. The fraction of sp³-hybridized carbons (Fsp3) is 0.625. The van der Waals surface area contributed by atoms with Crippen molar-refractivity contribution in [2.75, 3.05) is 20.1 Å². The number of hydrogen-bond acceptors (Lipinski definition) is 5. The summed E-state index contributed by atoms with van der Waals surface area (Å²) in [5, 5.41) is 11.3. The third kappa shape index (κ3) is 2.71. The van der Waals surface area contributed by atoms with Crippen LogP contribution in [0.25, 0.3) is 0 Å². The molecule has 1 aliphatic heterocycles. The molecular formula is C16H23N7O. The minimum absolute atomic E-state index is 0.0479. The van der Waals surface area contributed by atoms with Gasteiger partial charge in [0.2, 0.25) is 0 Å². The van der Waals surface area contributed by atoms with Crippen molar-refractivity contribution in [1.29, 1.82) is 0 Å². The van der Waals surface area contributed by atoms with Crippen LogP contribution in [0.2, 0.25) is 0 Å². The molecule has 2 atom stereocenters. The standard InChI is InChI=1S/C16H23N7O/c1-21-7-12(15-6-17-10-22(15)2)13(8-21)18-16(24)14-9-23(20-19-14)11-4-3-5-11/h6,9-13H,3-5,7-8H2,1-2H3,(H,18,24)/t12-,13-/m1/s1. The van der Waals surface area contributed by atoms with E-state index in [2.05, 4.69) is 32.6 Å². The lowest BCUT2D eigenvalue weighted by molar-refractivity contribution is 0.0930. The number of likely N-dealkylation sites (tertiary alicyclic amines) is 1. The number of carbonyl (C=O) groups excluding carboxylic acids is 1. The van der Waals surface area contributed by atoms with Gasteiger partial charge in [0.25, 0.3) is 5.91 Å². The number of likely N-dealkylation sites (N-methyl/N-ethyl adjacent to an activating group) is 1. The lowest BCUT2D eigenvalue weighted by atomic mass is 9.93. The molecule has 0 radical (unpaired) electrons. The number of nitrogens with zero attached hydrogens (tertiary/aromatic N) is 6. The molecule has 128 valence electrons. The largest absolute Gasteiger partial charge is 0.346 e. The SMILES string of the molecule is CN1C[C@@H](NC(=O)c2cn(C3CCC3)nn2)[C@H](c2cncn2C)C1.